The van der Waals surface area contributed by atoms with E-state index in [2.05, 4.69) is 6.92 Å². The second kappa shape index (κ2) is 4.38. The molecule has 4 heteroatoms. The van der Waals surface area contributed by atoms with Gasteiger partial charge in [-0.05, 0) is 18.9 Å². The van der Waals surface area contributed by atoms with Gasteiger partial charge in [-0.15, -0.1) is 11.6 Å². The van der Waals surface area contributed by atoms with E-state index in [1.165, 1.54) is 0 Å². The maximum absolute atomic E-state index is 12.0. The minimum Gasteiger partial charge on any atom is -0.293 e. The summed E-state index contributed by atoms with van der Waals surface area (Å²) in [5.41, 5.74) is 0. The molecule has 0 aromatic rings. The Morgan fingerprint density at radius 3 is 2.75 bits per heavy atom. The molecular formula is C8H14ClF2N. The molecule has 0 N–H and O–H groups in total. The van der Waals surface area contributed by atoms with Crippen LogP contribution in [-0.2, 0) is 0 Å². The van der Waals surface area contributed by atoms with Gasteiger partial charge in [-0.25, -0.2) is 8.78 Å². The van der Waals surface area contributed by atoms with Crippen molar-refractivity contribution in [3.05, 3.63) is 0 Å². The summed E-state index contributed by atoms with van der Waals surface area (Å²) in [6, 6.07) is 0.153. The Labute approximate surface area is 76.7 Å². The highest BCUT2D eigenvalue weighted by Gasteiger charge is 2.31. The van der Waals surface area contributed by atoms with E-state index in [1.54, 1.807) is 4.90 Å². The Bertz CT molecular complexity index is 143. The van der Waals surface area contributed by atoms with Gasteiger partial charge in [-0.3, -0.25) is 4.90 Å². The van der Waals surface area contributed by atoms with E-state index < -0.39 is 6.43 Å². The van der Waals surface area contributed by atoms with Crippen molar-refractivity contribution in [1.29, 1.82) is 0 Å². The number of alkyl halides is 3. The maximum Gasteiger partial charge on any atom is 0.251 e. The molecule has 0 aromatic carbocycles. The van der Waals surface area contributed by atoms with E-state index in [9.17, 15) is 8.78 Å². The molecular weight excluding hydrogens is 184 g/mol. The average molecular weight is 198 g/mol. The van der Waals surface area contributed by atoms with Crippen LogP contribution in [0.3, 0.4) is 0 Å². The zero-order valence-corrected chi connectivity index (χ0v) is 7.90. The number of likely N-dealkylation sites (tertiary alicyclic amines) is 1. The zero-order valence-electron chi connectivity index (χ0n) is 7.14. The number of nitrogens with zero attached hydrogens (tertiary/aromatic N) is 1. The molecule has 1 fully saturated rings. The maximum atomic E-state index is 12.0. The number of hydrogen-bond acceptors (Lipinski definition) is 1. The Morgan fingerprint density at radius 2 is 2.25 bits per heavy atom. The smallest absolute Gasteiger partial charge is 0.251 e. The summed E-state index contributed by atoms with van der Waals surface area (Å²) in [5.74, 6) is 0.926. The first-order chi connectivity index (χ1) is 5.65. The highest BCUT2D eigenvalue weighted by molar-refractivity contribution is 6.18. The highest BCUT2D eigenvalue weighted by atomic mass is 35.5. The normalized spacial score (nSPS) is 31.8. The summed E-state index contributed by atoms with van der Waals surface area (Å²) in [7, 11) is 0. The number of rotatable bonds is 3. The van der Waals surface area contributed by atoms with E-state index >= 15 is 0 Å². The van der Waals surface area contributed by atoms with Gasteiger partial charge in [0.1, 0.15) is 0 Å². The van der Waals surface area contributed by atoms with Crippen molar-refractivity contribution in [3.63, 3.8) is 0 Å². The SMILES string of the molecule is CC1CCN(CC(F)F)C1CCl. The van der Waals surface area contributed by atoms with Crippen LogP contribution >= 0.6 is 11.6 Å². The van der Waals surface area contributed by atoms with Crippen LogP contribution in [0.25, 0.3) is 0 Å². The molecule has 0 aliphatic carbocycles. The first-order valence-electron chi connectivity index (χ1n) is 4.23. The second-order valence-corrected chi connectivity index (χ2v) is 3.68. The molecule has 1 rings (SSSR count). The number of halogens is 3. The molecule has 72 valence electrons. The van der Waals surface area contributed by atoms with E-state index in [0.29, 0.717) is 11.8 Å². The lowest BCUT2D eigenvalue weighted by Gasteiger charge is -2.24. The van der Waals surface area contributed by atoms with E-state index in [4.69, 9.17) is 11.6 Å². The van der Waals surface area contributed by atoms with Gasteiger partial charge in [0.25, 0.3) is 6.43 Å². The minimum atomic E-state index is -2.24. The average Bonchev–Trinajstić information content (AvgIpc) is 2.30. The third-order valence-corrected chi connectivity index (χ3v) is 2.84. The van der Waals surface area contributed by atoms with Gasteiger partial charge in [-0.2, -0.15) is 0 Å². The predicted octanol–water partition coefficient (Wildman–Crippen LogP) is 2.20. The van der Waals surface area contributed by atoms with Crippen molar-refractivity contribution in [2.24, 2.45) is 5.92 Å². The summed E-state index contributed by atoms with van der Waals surface area (Å²) in [4.78, 5) is 1.79. The Kier molecular flexibility index (Phi) is 3.72. The molecule has 0 saturated carbocycles. The molecule has 0 amide bonds. The zero-order chi connectivity index (χ0) is 9.14. The monoisotopic (exact) mass is 197 g/mol. The quantitative estimate of drug-likeness (QED) is 0.627. The van der Waals surface area contributed by atoms with Gasteiger partial charge >= 0.3 is 0 Å². The number of hydrogen-bond donors (Lipinski definition) is 0. The highest BCUT2D eigenvalue weighted by Crippen LogP contribution is 2.25. The summed E-state index contributed by atoms with van der Waals surface area (Å²) in [5, 5.41) is 0. The van der Waals surface area contributed by atoms with Gasteiger partial charge in [0.15, 0.2) is 0 Å². The Hall–Kier alpha value is 0.110. The van der Waals surface area contributed by atoms with E-state index in [1.807, 2.05) is 0 Å². The molecule has 0 spiro atoms. The lowest BCUT2D eigenvalue weighted by atomic mass is 10.1. The van der Waals surface area contributed by atoms with Crippen molar-refractivity contribution >= 4 is 11.6 Å². The van der Waals surface area contributed by atoms with Crippen LogP contribution in [0, 0.1) is 5.92 Å². The van der Waals surface area contributed by atoms with Gasteiger partial charge in [0.05, 0.1) is 6.54 Å². The van der Waals surface area contributed by atoms with Crippen molar-refractivity contribution in [3.8, 4) is 0 Å². The second-order valence-electron chi connectivity index (χ2n) is 3.37. The fourth-order valence-corrected chi connectivity index (χ4v) is 2.24. The topological polar surface area (TPSA) is 3.24 Å². The van der Waals surface area contributed by atoms with Crippen molar-refractivity contribution in [2.75, 3.05) is 19.0 Å². The molecule has 1 heterocycles. The van der Waals surface area contributed by atoms with Crippen LogP contribution in [-0.4, -0.2) is 36.3 Å². The van der Waals surface area contributed by atoms with Crippen molar-refractivity contribution in [2.45, 2.75) is 25.8 Å². The summed E-state index contributed by atoms with van der Waals surface area (Å²) >= 11 is 5.69. The summed E-state index contributed by atoms with van der Waals surface area (Å²) < 4.78 is 24.1. The molecule has 1 saturated heterocycles. The lowest BCUT2D eigenvalue weighted by molar-refractivity contribution is 0.0825. The lowest BCUT2D eigenvalue weighted by Crippen LogP contribution is -2.36. The van der Waals surface area contributed by atoms with Gasteiger partial charge in [-0.1, -0.05) is 6.92 Å². The first kappa shape index (κ1) is 10.2. The van der Waals surface area contributed by atoms with Gasteiger partial charge in [0, 0.05) is 11.9 Å². The van der Waals surface area contributed by atoms with Crippen LogP contribution in [0.2, 0.25) is 0 Å². The molecule has 1 aliphatic heterocycles. The van der Waals surface area contributed by atoms with Crippen LogP contribution in [0.4, 0.5) is 8.78 Å². The van der Waals surface area contributed by atoms with Gasteiger partial charge in [0.2, 0.25) is 0 Å². The summed E-state index contributed by atoms with van der Waals surface area (Å²) in [6.45, 7) is 2.71. The Balaban J connectivity index is 2.43. The van der Waals surface area contributed by atoms with Crippen molar-refractivity contribution in [1.82, 2.24) is 4.90 Å². The van der Waals surface area contributed by atoms with Gasteiger partial charge < -0.3 is 0 Å². The third kappa shape index (κ3) is 2.30. The van der Waals surface area contributed by atoms with Crippen LogP contribution in [0.5, 0.6) is 0 Å². The summed E-state index contributed by atoms with van der Waals surface area (Å²) in [6.07, 6.45) is -1.24. The Morgan fingerprint density at radius 1 is 1.58 bits per heavy atom. The minimum absolute atomic E-state index is 0.123. The molecule has 12 heavy (non-hydrogen) atoms. The van der Waals surface area contributed by atoms with Crippen LogP contribution in [0.1, 0.15) is 13.3 Å². The molecule has 0 bridgehead atoms. The molecule has 0 aromatic heterocycles. The third-order valence-electron chi connectivity index (χ3n) is 2.53. The molecule has 1 aliphatic rings. The van der Waals surface area contributed by atoms with Crippen LogP contribution < -0.4 is 0 Å². The fourth-order valence-electron chi connectivity index (χ4n) is 1.74. The fraction of sp³-hybridized carbons (Fsp3) is 1.00. The standard InChI is InChI=1S/C8H14ClF2N/c1-6-2-3-12(5-8(10)11)7(6)4-9/h6-8H,2-5H2,1H3. The molecule has 0 radical (unpaired) electrons. The largest absolute Gasteiger partial charge is 0.293 e. The van der Waals surface area contributed by atoms with E-state index in [0.717, 1.165) is 13.0 Å². The molecule has 2 unspecified atom stereocenters. The van der Waals surface area contributed by atoms with E-state index in [-0.39, 0.29) is 12.6 Å². The first-order valence-corrected chi connectivity index (χ1v) is 4.76. The van der Waals surface area contributed by atoms with Crippen molar-refractivity contribution < 1.29 is 8.78 Å². The predicted molar refractivity (Wildman–Crippen MR) is 45.9 cm³/mol. The molecule has 2 atom stereocenters. The molecule has 1 nitrogen and oxygen atoms in total. The van der Waals surface area contributed by atoms with Crippen LogP contribution in [0.15, 0.2) is 0 Å².